The summed E-state index contributed by atoms with van der Waals surface area (Å²) in [6.45, 7) is 5.03. The molecule has 0 radical (unpaired) electrons. The second kappa shape index (κ2) is 8.66. The fourth-order valence-electron chi connectivity index (χ4n) is 1.86. The van der Waals surface area contributed by atoms with Crippen molar-refractivity contribution in [1.82, 2.24) is 10.8 Å². The Hall–Kier alpha value is -2.61. The van der Waals surface area contributed by atoms with E-state index in [4.69, 9.17) is 14.3 Å². The van der Waals surface area contributed by atoms with Crippen LogP contribution in [0.5, 0.6) is 0 Å². The molecular formula is C18H24N2O6. The van der Waals surface area contributed by atoms with Crippen LogP contribution in [-0.2, 0) is 19.1 Å². The number of hydrogen-bond donors (Lipinski definition) is 2. The van der Waals surface area contributed by atoms with E-state index in [-0.39, 0.29) is 12.6 Å². The molecule has 1 atom stereocenters. The zero-order chi connectivity index (χ0) is 19.2. The van der Waals surface area contributed by atoms with E-state index < -0.39 is 29.7 Å². The molecule has 2 N–H and O–H groups in total. The van der Waals surface area contributed by atoms with Crippen molar-refractivity contribution in [3.8, 4) is 0 Å². The molecule has 1 aliphatic rings. The van der Waals surface area contributed by atoms with Gasteiger partial charge in [0.25, 0.3) is 0 Å². The highest BCUT2D eigenvalue weighted by Gasteiger charge is 2.31. The zero-order valence-electron chi connectivity index (χ0n) is 15.1. The summed E-state index contributed by atoms with van der Waals surface area (Å²) in [6, 6.07) is 7.28. The van der Waals surface area contributed by atoms with Crippen LogP contribution in [0.4, 0.5) is 4.79 Å². The van der Waals surface area contributed by atoms with Gasteiger partial charge in [-0.15, -0.1) is 5.48 Å². The van der Waals surface area contributed by atoms with Crippen LogP contribution >= 0.6 is 0 Å². The highest BCUT2D eigenvalue weighted by molar-refractivity contribution is 5.89. The average Bonchev–Trinajstić information content (AvgIpc) is 3.37. The molecule has 0 aliphatic heterocycles. The summed E-state index contributed by atoms with van der Waals surface area (Å²) in [5.41, 5.74) is 2.04. The molecular weight excluding hydrogens is 340 g/mol. The van der Waals surface area contributed by atoms with Gasteiger partial charge in [0.2, 0.25) is 0 Å². The quantitative estimate of drug-likeness (QED) is 0.433. The van der Waals surface area contributed by atoms with Crippen molar-refractivity contribution < 1.29 is 28.7 Å². The monoisotopic (exact) mass is 364 g/mol. The highest BCUT2D eigenvalue weighted by Crippen LogP contribution is 2.23. The Morgan fingerprint density at radius 1 is 1.15 bits per heavy atom. The number of amides is 1. The highest BCUT2D eigenvalue weighted by atomic mass is 16.7. The lowest BCUT2D eigenvalue weighted by molar-refractivity contribution is -0.150. The van der Waals surface area contributed by atoms with E-state index >= 15 is 0 Å². The van der Waals surface area contributed by atoms with Gasteiger partial charge in [0.05, 0.1) is 12.1 Å². The van der Waals surface area contributed by atoms with Crippen LogP contribution < -0.4 is 10.8 Å². The van der Waals surface area contributed by atoms with Gasteiger partial charge >= 0.3 is 18.0 Å². The lowest BCUT2D eigenvalue weighted by Gasteiger charge is -2.21. The molecule has 26 heavy (non-hydrogen) atoms. The van der Waals surface area contributed by atoms with Crippen molar-refractivity contribution in [3.63, 3.8) is 0 Å². The molecule has 1 amide bonds. The maximum Gasteiger partial charge on any atom is 0.407 e. The molecule has 142 valence electrons. The Morgan fingerprint density at radius 3 is 2.38 bits per heavy atom. The third kappa shape index (κ3) is 7.10. The predicted molar refractivity (Wildman–Crippen MR) is 92.1 cm³/mol. The minimum Gasteiger partial charge on any atom is -0.461 e. The fraction of sp³-hybridized carbons (Fsp3) is 0.500. The van der Waals surface area contributed by atoms with Crippen LogP contribution in [-0.4, -0.2) is 42.3 Å². The zero-order valence-corrected chi connectivity index (χ0v) is 15.1. The summed E-state index contributed by atoms with van der Waals surface area (Å²) in [5.74, 6) is -1.25. The number of alkyl carbamates (subject to hydrolysis) is 1. The third-order valence-corrected chi connectivity index (χ3v) is 3.24. The van der Waals surface area contributed by atoms with Crippen LogP contribution in [0.2, 0.25) is 0 Å². The number of benzene rings is 1. The molecule has 1 aromatic rings. The van der Waals surface area contributed by atoms with Gasteiger partial charge < -0.3 is 19.6 Å². The van der Waals surface area contributed by atoms with Gasteiger partial charge in [0.1, 0.15) is 11.7 Å². The summed E-state index contributed by atoms with van der Waals surface area (Å²) in [6.07, 6.45) is 0.819. The molecule has 8 heteroatoms. The number of hydroxylamine groups is 1. The van der Waals surface area contributed by atoms with Gasteiger partial charge in [-0.1, -0.05) is 18.2 Å². The molecule has 2 rings (SSSR count). The van der Waals surface area contributed by atoms with Crippen LogP contribution in [0.15, 0.2) is 30.3 Å². The molecule has 0 spiro atoms. The minimum absolute atomic E-state index is 0.113. The van der Waals surface area contributed by atoms with E-state index in [9.17, 15) is 14.4 Å². The minimum atomic E-state index is -1.05. The summed E-state index contributed by atoms with van der Waals surface area (Å²) in [5, 5.41) is 2.46. The van der Waals surface area contributed by atoms with Crippen molar-refractivity contribution in [2.24, 2.45) is 0 Å². The first kappa shape index (κ1) is 19.7. The number of esters is 1. The second-order valence-electron chi connectivity index (χ2n) is 6.95. The Labute approximate surface area is 152 Å². The van der Waals surface area contributed by atoms with Crippen molar-refractivity contribution in [2.75, 3.05) is 6.54 Å². The van der Waals surface area contributed by atoms with Gasteiger partial charge in [0, 0.05) is 0 Å². The van der Waals surface area contributed by atoms with Crippen molar-refractivity contribution >= 4 is 18.0 Å². The first-order valence-electron chi connectivity index (χ1n) is 8.44. The lowest BCUT2D eigenvalue weighted by atomic mass is 10.2. The van der Waals surface area contributed by atoms with E-state index in [0.29, 0.717) is 5.56 Å². The largest absolute Gasteiger partial charge is 0.461 e. The standard InChI is InChI=1S/C18H24N2O6/c1-18(2,3)25-17(23)19-11-14(16(22)24-13-9-10-13)20-26-15(21)12-7-5-4-6-8-12/h4-8,13-14,20H,9-11H2,1-3H3,(H,19,23)/t14-/m1/s1. The molecule has 1 aromatic carbocycles. The third-order valence-electron chi connectivity index (χ3n) is 3.24. The summed E-state index contributed by atoms with van der Waals surface area (Å²) in [7, 11) is 0. The van der Waals surface area contributed by atoms with Crippen LogP contribution in [0.1, 0.15) is 44.0 Å². The van der Waals surface area contributed by atoms with E-state index in [2.05, 4.69) is 10.8 Å². The van der Waals surface area contributed by atoms with E-state index in [0.717, 1.165) is 12.8 Å². The van der Waals surface area contributed by atoms with Gasteiger partial charge in [-0.05, 0) is 45.7 Å². The van der Waals surface area contributed by atoms with Crippen LogP contribution in [0, 0.1) is 0 Å². The van der Waals surface area contributed by atoms with E-state index in [1.54, 1.807) is 51.1 Å². The Bertz CT molecular complexity index is 637. The molecule has 8 nitrogen and oxygen atoms in total. The number of hydrogen-bond acceptors (Lipinski definition) is 7. The number of rotatable bonds is 7. The van der Waals surface area contributed by atoms with E-state index in [1.165, 1.54) is 0 Å². The van der Waals surface area contributed by atoms with Crippen LogP contribution in [0.3, 0.4) is 0 Å². The van der Waals surface area contributed by atoms with Gasteiger partial charge in [0.15, 0.2) is 6.04 Å². The molecule has 0 unspecified atom stereocenters. The Balaban J connectivity index is 1.89. The summed E-state index contributed by atoms with van der Waals surface area (Å²) >= 11 is 0. The number of ether oxygens (including phenoxy) is 2. The Morgan fingerprint density at radius 2 is 1.81 bits per heavy atom. The summed E-state index contributed by atoms with van der Waals surface area (Å²) in [4.78, 5) is 40.9. The predicted octanol–water partition coefficient (Wildman–Crippen LogP) is 1.95. The van der Waals surface area contributed by atoms with Gasteiger partial charge in [-0.2, -0.15) is 0 Å². The van der Waals surface area contributed by atoms with Gasteiger partial charge in [-0.25, -0.2) is 9.59 Å². The average molecular weight is 364 g/mol. The van der Waals surface area contributed by atoms with Crippen molar-refractivity contribution in [2.45, 2.75) is 51.4 Å². The molecule has 1 fully saturated rings. The Kier molecular flexibility index (Phi) is 6.57. The smallest absolute Gasteiger partial charge is 0.407 e. The van der Waals surface area contributed by atoms with Crippen molar-refractivity contribution in [1.29, 1.82) is 0 Å². The molecule has 0 saturated heterocycles. The number of nitrogens with one attached hydrogen (secondary N) is 2. The molecule has 0 bridgehead atoms. The second-order valence-corrected chi connectivity index (χ2v) is 6.95. The van der Waals surface area contributed by atoms with Gasteiger partial charge in [-0.3, -0.25) is 4.79 Å². The first-order chi connectivity index (χ1) is 12.2. The van der Waals surface area contributed by atoms with E-state index in [1.807, 2.05) is 0 Å². The summed E-state index contributed by atoms with van der Waals surface area (Å²) < 4.78 is 10.3. The molecule has 1 aliphatic carbocycles. The first-order valence-corrected chi connectivity index (χ1v) is 8.44. The maximum absolute atomic E-state index is 12.2. The number of carbonyl (C=O) groups is 3. The van der Waals surface area contributed by atoms with Crippen molar-refractivity contribution in [3.05, 3.63) is 35.9 Å². The maximum atomic E-state index is 12.2. The fourth-order valence-corrected chi connectivity index (χ4v) is 1.86. The normalized spacial score (nSPS) is 14.9. The van der Waals surface area contributed by atoms with Crippen LogP contribution in [0.25, 0.3) is 0 Å². The number of carbonyl (C=O) groups excluding carboxylic acids is 3. The SMILES string of the molecule is CC(C)(C)OC(=O)NC[C@@H](NOC(=O)c1ccccc1)C(=O)OC1CC1. The lowest BCUT2D eigenvalue weighted by Crippen LogP contribution is -2.48. The topological polar surface area (TPSA) is 103 Å². The molecule has 0 aromatic heterocycles. The molecule has 0 heterocycles. The molecule has 1 saturated carbocycles.